The zero-order valence-electron chi connectivity index (χ0n) is 12.3. The van der Waals surface area contributed by atoms with Crippen LogP contribution in [0.1, 0.15) is 10.7 Å². The first-order valence-corrected chi connectivity index (χ1v) is 7.62. The maximum atomic E-state index is 12.0. The minimum absolute atomic E-state index is 0.298. The fourth-order valence-electron chi connectivity index (χ4n) is 1.75. The van der Waals surface area contributed by atoms with Crippen LogP contribution in [0.2, 0.25) is 5.02 Å². The van der Waals surface area contributed by atoms with Gasteiger partial charge in [-0.05, 0) is 13.0 Å². The Labute approximate surface area is 137 Å². The summed E-state index contributed by atoms with van der Waals surface area (Å²) in [6.07, 6.45) is 3.06. The Morgan fingerprint density at radius 2 is 2.05 bits per heavy atom. The minimum atomic E-state index is -0.298. The van der Waals surface area contributed by atoms with Gasteiger partial charge in [0, 0.05) is 23.6 Å². The van der Waals surface area contributed by atoms with Crippen LogP contribution in [0.4, 0.5) is 5.69 Å². The number of methoxy groups -OCH3 is 2. The van der Waals surface area contributed by atoms with Gasteiger partial charge in [-0.3, -0.25) is 4.79 Å². The van der Waals surface area contributed by atoms with Crippen LogP contribution in [-0.2, 0) is 4.79 Å². The summed E-state index contributed by atoms with van der Waals surface area (Å²) in [5, 5.41) is 5.96. The van der Waals surface area contributed by atoms with Crippen LogP contribution < -0.4 is 14.8 Å². The number of halogens is 1. The van der Waals surface area contributed by atoms with E-state index in [9.17, 15) is 4.79 Å². The Kier molecular flexibility index (Phi) is 5.41. The molecule has 0 fully saturated rings. The minimum Gasteiger partial charge on any atom is -0.495 e. The maximum Gasteiger partial charge on any atom is 0.248 e. The summed E-state index contributed by atoms with van der Waals surface area (Å²) in [6.45, 7) is 1.91. The zero-order chi connectivity index (χ0) is 16.1. The van der Waals surface area contributed by atoms with Crippen molar-refractivity contribution in [2.45, 2.75) is 6.92 Å². The van der Waals surface area contributed by atoms with Crippen molar-refractivity contribution in [3.63, 3.8) is 0 Å². The lowest BCUT2D eigenvalue weighted by molar-refractivity contribution is -0.111. The highest BCUT2D eigenvalue weighted by atomic mass is 35.5. The van der Waals surface area contributed by atoms with Gasteiger partial charge in [0.2, 0.25) is 5.91 Å². The van der Waals surface area contributed by atoms with Crippen LogP contribution in [0.5, 0.6) is 11.5 Å². The van der Waals surface area contributed by atoms with E-state index in [1.165, 1.54) is 31.6 Å². The number of amides is 1. The average Bonchev–Trinajstić information content (AvgIpc) is 2.92. The Balaban J connectivity index is 2.15. The molecule has 0 spiro atoms. The van der Waals surface area contributed by atoms with Gasteiger partial charge in [-0.2, -0.15) is 0 Å². The quantitative estimate of drug-likeness (QED) is 0.843. The highest BCUT2D eigenvalue weighted by molar-refractivity contribution is 7.09. The zero-order valence-corrected chi connectivity index (χ0v) is 13.9. The largest absolute Gasteiger partial charge is 0.495 e. The molecule has 5 nitrogen and oxygen atoms in total. The van der Waals surface area contributed by atoms with Crippen LogP contribution in [0, 0.1) is 6.92 Å². The number of nitrogens with zero attached hydrogens (tertiary/aromatic N) is 1. The number of benzene rings is 1. The van der Waals surface area contributed by atoms with Gasteiger partial charge >= 0.3 is 0 Å². The first-order valence-electron chi connectivity index (χ1n) is 6.36. The summed E-state index contributed by atoms with van der Waals surface area (Å²) in [5.74, 6) is 0.613. The molecule has 2 rings (SSSR count). The van der Waals surface area contributed by atoms with Gasteiger partial charge in [0.15, 0.2) is 0 Å². The van der Waals surface area contributed by atoms with Crippen LogP contribution >= 0.6 is 22.9 Å². The molecule has 0 radical (unpaired) electrons. The molecule has 0 aliphatic carbocycles. The van der Waals surface area contributed by atoms with Crippen molar-refractivity contribution in [2.24, 2.45) is 0 Å². The molecule has 0 saturated heterocycles. The molecule has 1 heterocycles. The highest BCUT2D eigenvalue weighted by Gasteiger charge is 2.11. The van der Waals surface area contributed by atoms with Gasteiger partial charge in [0.25, 0.3) is 0 Å². The number of carbonyl (C=O) groups excluding carboxylic acids is 1. The smallest absolute Gasteiger partial charge is 0.248 e. The van der Waals surface area contributed by atoms with E-state index in [4.69, 9.17) is 21.1 Å². The topological polar surface area (TPSA) is 60.5 Å². The van der Waals surface area contributed by atoms with Crippen molar-refractivity contribution in [2.75, 3.05) is 19.5 Å². The van der Waals surface area contributed by atoms with E-state index in [1.54, 1.807) is 18.2 Å². The molecule has 0 aliphatic rings. The van der Waals surface area contributed by atoms with Crippen molar-refractivity contribution in [3.8, 4) is 11.5 Å². The molecule has 1 aromatic carbocycles. The van der Waals surface area contributed by atoms with Gasteiger partial charge in [0.05, 0.1) is 35.6 Å². The van der Waals surface area contributed by atoms with E-state index in [0.717, 1.165) is 10.7 Å². The Morgan fingerprint density at radius 1 is 1.32 bits per heavy atom. The lowest BCUT2D eigenvalue weighted by atomic mass is 10.2. The molecule has 1 N–H and O–H groups in total. The molecule has 1 amide bonds. The molecule has 0 aliphatic heterocycles. The van der Waals surface area contributed by atoms with Crippen molar-refractivity contribution in [1.82, 2.24) is 4.98 Å². The van der Waals surface area contributed by atoms with Gasteiger partial charge < -0.3 is 14.8 Å². The van der Waals surface area contributed by atoms with E-state index < -0.39 is 0 Å². The van der Waals surface area contributed by atoms with E-state index in [-0.39, 0.29) is 5.91 Å². The average molecular weight is 339 g/mol. The second-order valence-corrected chi connectivity index (χ2v) is 5.77. The molecule has 7 heteroatoms. The van der Waals surface area contributed by atoms with Crippen LogP contribution in [0.15, 0.2) is 23.6 Å². The molecule has 0 bridgehead atoms. The number of nitrogens with one attached hydrogen (secondary N) is 1. The Hall–Kier alpha value is -2.05. The number of aromatic nitrogens is 1. The van der Waals surface area contributed by atoms with Crippen LogP contribution in [0.3, 0.4) is 0 Å². The summed E-state index contributed by atoms with van der Waals surface area (Å²) < 4.78 is 10.3. The number of hydrogen-bond donors (Lipinski definition) is 1. The number of thiazole rings is 1. The molecular formula is C15H15ClN2O3S. The van der Waals surface area contributed by atoms with Gasteiger partial charge in [0.1, 0.15) is 11.5 Å². The number of aryl methyl sites for hydroxylation is 1. The summed E-state index contributed by atoms with van der Waals surface area (Å²) in [7, 11) is 3.01. The van der Waals surface area contributed by atoms with Gasteiger partial charge in [-0.25, -0.2) is 4.98 Å². The summed E-state index contributed by atoms with van der Waals surface area (Å²) in [4.78, 5) is 16.2. The number of ether oxygens (including phenoxy) is 2. The Bertz CT molecular complexity index is 713. The lowest BCUT2D eigenvalue weighted by Crippen LogP contribution is -2.09. The van der Waals surface area contributed by atoms with Gasteiger partial charge in [-0.1, -0.05) is 11.6 Å². The molecule has 116 valence electrons. The molecule has 1 aromatic heterocycles. The van der Waals surface area contributed by atoms with E-state index in [1.807, 2.05) is 12.3 Å². The van der Waals surface area contributed by atoms with E-state index in [0.29, 0.717) is 22.2 Å². The molecule has 0 atom stereocenters. The molecule has 0 saturated carbocycles. The van der Waals surface area contributed by atoms with E-state index >= 15 is 0 Å². The number of anilines is 1. The summed E-state index contributed by atoms with van der Waals surface area (Å²) >= 11 is 7.55. The maximum absolute atomic E-state index is 12.0. The number of hydrogen-bond acceptors (Lipinski definition) is 5. The first-order chi connectivity index (χ1) is 10.5. The molecular weight excluding hydrogens is 324 g/mol. The molecule has 22 heavy (non-hydrogen) atoms. The Morgan fingerprint density at radius 3 is 2.64 bits per heavy atom. The predicted molar refractivity (Wildman–Crippen MR) is 89.1 cm³/mol. The third-order valence-electron chi connectivity index (χ3n) is 2.77. The van der Waals surface area contributed by atoms with Crippen molar-refractivity contribution >= 4 is 40.6 Å². The third-order valence-corrected chi connectivity index (χ3v) is 3.86. The van der Waals surface area contributed by atoms with Crippen LogP contribution in [0.25, 0.3) is 6.08 Å². The lowest BCUT2D eigenvalue weighted by Gasteiger charge is -2.12. The van der Waals surface area contributed by atoms with Crippen LogP contribution in [-0.4, -0.2) is 25.1 Å². The fraction of sp³-hybridized carbons (Fsp3) is 0.200. The SMILES string of the molecule is COc1cc(NC(=O)/C=C/c2csc(C)n2)c(OC)cc1Cl. The van der Waals surface area contributed by atoms with Crippen molar-refractivity contribution in [3.05, 3.63) is 39.3 Å². The second-order valence-electron chi connectivity index (χ2n) is 4.30. The predicted octanol–water partition coefficient (Wildman–Crippen LogP) is 3.77. The molecule has 2 aromatic rings. The fourth-order valence-corrected chi connectivity index (χ4v) is 2.56. The number of carbonyl (C=O) groups is 1. The van der Waals surface area contributed by atoms with E-state index in [2.05, 4.69) is 10.3 Å². The van der Waals surface area contributed by atoms with Gasteiger partial charge in [-0.15, -0.1) is 11.3 Å². The normalized spacial score (nSPS) is 10.7. The highest BCUT2D eigenvalue weighted by Crippen LogP contribution is 2.35. The summed E-state index contributed by atoms with van der Waals surface area (Å²) in [6, 6.07) is 3.20. The third kappa shape index (κ3) is 3.99. The first kappa shape index (κ1) is 16.3. The number of rotatable bonds is 5. The second kappa shape index (κ2) is 7.29. The standard InChI is InChI=1S/C15H15ClN2O3S/c1-9-17-10(8-22-9)4-5-15(19)18-12-7-13(20-2)11(16)6-14(12)21-3/h4-8H,1-3H3,(H,18,19)/b5-4+. The monoisotopic (exact) mass is 338 g/mol. The van der Waals surface area contributed by atoms with Crippen molar-refractivity contribution < 1.29 is 14.3 Å². The van der Waals surface area contributed by atoms with Crippen molar-refractivity contribution in [1.29, 1.82) is 0 Å². The summed E-state index contributed by atoms with van der Waals surface area (Å²) in [5.41, 5.74) is 1.23. The molecule has 0 unspecified atom stereocenters.